The SMILES string of the molecule is CCN1C(=O)C(C(=O)Nc2ccc(OC(F)(F)F)cc2)C(=O)N(CC)C1=S. The second kappa shape index (κ2) is 7.91. The average molecular weight is 403 g/mol. The Balaban J connectivity index is 2.17. The van der Waals surface area contributed by atoms with Gasteiger partial charge in [-0.2, -0.15) is 0 Å². The van der Waals surface area contributed by atoms with E-state index in [9.17, 15) is 27.6 Å². The highest BCUT2D eigenvalue weighted by Gasteiger charge is 2.46. The van der Waals surface area contributed by atoms with Crippen molar-refractivity contribution in [2.45, 2.75) is 20.2 Å². The van der Waals surface area contributed by atoms with Crippen LogP contribution < -0.4 is 10.1 Å². The first-order valence-corrected chi connectivity index (χ1v) is 8.33. The lowest BCUT2D eigenvalue weighted by atomic mass is 10.0. The van der Waals surface area contributed by atoms with E-state index in [1.54, 1.807) is 13.8 Å². The minimum atomic E-state index is -4.84. The minimum Gasteiger partial charge on any atom is -0.406 e. The molecule has 11 heteroatoms. The summed E-state index contributed by atoms with van der Waals surface area (Å²) in [4.78, 5) is 39.7. The van der Waals surface area contributed by atoms with Crippen molar-refractivity contribution in [3.05, 3.63) is 24.3 Å². The van der Waals surface area contributed by atoms with Crippen molar-refractivity contribution < 1.29 is 32.3 Å². The Morgan fingerprint density at radius 3 is 2.00 bits per heavy atom. The molecular weight excluding hydrogens is 387 g/mol. The van der Waals surface area contributed by atoms with E-state index in [2.05, 4.69) is 10.1 Å². The maximum atomic E-state index is 12.5. The first-order chi connectivity index (χ1) is 12.6. The van der Waals surface area contributed by atoms with Gasteiger partial charge >= 0.3 is 6.36 Å². The van der Waals surface area contributed by atoms with Crippen LogP contribution in [0, 0.1) is 5.92 Å². The van der Waals surface area contributed by atoms with Crippen molar-refractivity contribution in [3.8, 4) is 5.75 Å². The van der Waals surface area contributed by atoms with Crippen molar-refractivity contribution in [2.75, 3.05) is 18.4 Å². The second-order valence-electron chi connectivity index (χ2n) is 5.44. The van der Waals surface area contributed by atoms with Crippen molar-refractivity contribution in [1.82, 2.24) is 9.80 Å². The monoisotopic (exact) mass is 403 g/mol. The number of carbonyl (C=O) groups is 3. The first kappa shape index (κ1) is 20.6. The van der Waals surface area contributed by atoms with Gasteiger partial charge in [-0.1, -0.05) is 0 Å². The number of carbonyl (C=O) groups excluding carboxylic acids is 3. The summed E-state index contributed by atoms with van der Waals surface area (Å²) in [6.07, 6.45) is -4.84. The lowest BCUT2D eigenvalue weighted by molar-refractivity contribution is -0.274. The normalized spacial score (nSPS) is 16.0. The Bertz CT molecular complexity index is 741. The summed E-state index contributed by atoms with van der Waals surface area (Å²) in [6.45, 7) is 3.69. The highest BCUT2D eigenvalue weighted by Crippen LogP contribution is 2.25. The Labute approximate surface area is 158 Å². The number of hydrogen-bond acceptors (Lipinski definition) is 5. The molecule has 2 rings (SSSR count). The van der Waals surface area contributed by atoms with Gasteiger partial charge in [0.25, 0.3) is 11.8 Å². The molecule has 0 aliphatic carbocycles. The van der Waals surface area contributed by atoms with Crippen LogP contribution in [0.15, 0.2) is 24.3 Å². The third-order valence-electron chi connectivity index (χ3n) is 3.74. The maximum Gasteiger partial charge on any atom is 0.573 e. The highest BCUT2D eigenvalue weighted by atomic mass is 32.1. The van der Waals surface area contributed by atoms with E-state index in [0.717, 1.165) is 34.1 Å². The molecule has 1 fully saturated rings. The van der Waals surface area contributed by atoms with Crippen LogP contribution in [0.1, 0.15) is 13.8 Å². The van der Waals surface area contributed by atoms with Gasteiger partial charge in [0.15, 0.2) is 11.0 Å². The van der Waals surface area contributed by atoms with E-state index in [1.165, 1.54) is 0 Å². The molecule has 0 bridgehead atoms. The van der Waals surface area contributed by atoms with Crippen LogP contribution in [0.4, 0.5) is 18.9 Å². The molecule has 1 aliphatic rings. The van der Waals surface area contributed by atoms with Crippen molar-refractivity contribution in [3.63, 3.8) is 0 Å². The summed E-state index contributed by atoms with van der Waals surface area (Å²) in [5.41, 5.74) is 0.106. The zero-order chi connectivity index (χ0) is 20.4. The Hall–Kier alpha value is -2.69. The molecule has 27 heavy (non-hydrogen) atoms. The number of amides is 3. The lowest BCUT2D eigenvalue weighted by Gasteiger charge is -2.37. The summed E-state index contributed by atoms with van der Waals surface area (Å²) >= 11 is 5.10. The average Bonchev–Trinajstić information content (AvgIpc) is 2.56. The number of benzene rings is 1. The van der Waals surface area contributed by atoms with Crippen LogP contribution in [-0.4, -0.2) is 52.1 Å². The summed E-state index contributed by atoms with van der Waals surface area (Å²) in [7, 11) is 0. The van der Waals surface area contributed by atoms with E-state index in [4.69, 9.17) is 12.2 Å². The second-order valence-corrected chi connectivity index (χ2v) is 5.81. The fraction of sp³-hybridized carbons (Fsp3) is 0.375. The molecule has 1 heterocycles. The zero-order valence-electron chi connectivity index (χ0n) is 14.4. The van der Waals surface area contributed by atoms with E-state index in [-0.39, 0.29) is 23.9 Å². The predicted octanol–water partition coefficient (Wildman–Crippen LogP) is 2.14. The Morgan fingerprint density at radius 1 is 1.11 bits per heavy atom. The molecular formula is C16H16F3N3O4S. The maximum absolute atomic E-state index is 12.5. The van der Waals surface area contributed by atoms with Crippen LogP contribution in [0.5, 0.6) is 5.75 Å². The fourth-order valence-corrected chi connectivity index (χ4v) is 2.95. The van der Waals surface area contributed by atoms with E-state index in [1.807, 2.05) is 0 Å². The summed E-state index contributed by atoms with van der Waals surface area (Å²) in [6, 6.07) is 4.33. The summed E-state index contributed by atoms with van der Waals surface area (Å²) in [5.74, 6) is -4.47. The molecule has 0 atom stereocenters. The predicted molar refractivity (Wildman–Crippen MR) is 92.6 cm³/mol. The lowest BCUT2D eigenvalue weighted by Crippen LogP contribution is -2.61. The first-order valence-electron chi connectivity index (χ1n) is 7.92. The van der Waals surface area contributed by atoms with Crippen molar-refractivity contribution >= 4 is 40.7 Å². The zero-order valence-corrected chi connectivity index (χ0v) is 15.2. The van der Waals surface area contributed by atoms with Gasteiger partial charge in [-0.05, 0) is 50.3 Å². The van der Waals surface area contributed by atoms with E-state index in [0.29, 0.717) is 0 Å². The molecule has 3 amide bonds. The molecule has 1 aliphatic heterocycles. The van der Waals surface area contributed by atoms with Gasteiger partial charge in [0.05, 0.1) is 0 Å². The highest BCUT2D eigenvalue weighted by molar-refractivity contribution is 7.80. The van der Waals surface area contributed by atoms with Crippen molar-refractivity contribution in [1.29, 1.82) is 0 Å². The molecule has 146 valence electrons. The van der Waals surface area contributed by atoms with E-state index >= 15 is 0 Å². The van der Waals surface area contributed by atoms with Gasteiger partial charge in [-0.25, -0.2) is 0 Å². The fourth-order valence-electron chi connectivity index (χ4n) is 2.51. The van der Waals surface area contributed by atoms with E-state index < -0.39 is 35.8 Å². The standard InChI is InChI=1S/C16H16F3N3O4S/c1-3-21-13(24)11(14(25)22(4-2)15(21)27)12(23)20-9-5-7-10(8-6-9)26-16(17,18)19/h5-8,11H,3-4H2,1-2H3,(H,20,23). The number of anilines is 1. The van der Waals surface area contributed by atoms with Crippen molar-refractivity contribution in [2.24, 2.45) is 5.92 Å². The van der Waals surface area contributed by atoms with Crippen LogP contribution in [-0.2, 0) is 14.4 Å². The molecule has 7 nitrogen and oxygen atoms in total. The number of thiocarbonyl (C=S) groups is 1. The molecule has 0 radical (unpaired) electrons. The largest absolute Gasteiger partial charge is 0.573 e. The van der Waals surface area contributed by atoms with Gasteiger partial charge in [0.2, 0.25) is 5.91 Å². The summed E-state index contributed by atoms with van der Waals surface area (Å²) < 4.78 is 40.2. The molecule has 0 spiro atoms. The quantitative estimate of drug-likeness (QED) is 0.602. The van der Waals surface area contributed by atoms with Gasteiger partial charge < -0.3 is 10.1 Å². The number of hydrogen-bond donors (Lipinski definition) is 1. The molecule has 0 unspecified atom stereocenters. The van der Waals surface area contributed by atoms with Gasteiger partial charge in [-0.3, -0.25) is 24.2 Å². The molecule has 1 aromatic rings. The molecule has 0 saturated carbocycles. The van der Waals surface area contributed by atoms with Crippen LogP contribution >= 0.6 is 12.2 Å². The Morgan fingerprint density at radius 2 is 1.59 bits per heavy atom. The molecule has 1 saturated heterocycles. The molecule has 0 aromatic heterocycles. The van der Waals surface area contributed by atoms with Gasteiger partial charge in [-0.15, -0.1) is 13.2 Å². The molecule has 1 N–H and O–H groups in total. The number of rotatable bonds is 5. The third kappa shape index (κ3) is 4.54. The molecule has 1 aromatic carbocycles. The number of ether oxygens (including phenoxy) is 1. The number of alkyl halides is 3. The minimum absolute atomic E-state index is 0.0349. The van der Waals surface area contributed by atoms with Gasteiger partial charge in [0, 0.05) is 18.8 Å². The van der Waals surface area contributed by atoms with Gasteiger partial charge in [0.1, 0.15) is 5.75 Å². The smallest absolute Gasteiger partial charge is 0.406 e. The number of nitrogens with one attached hydrogen (secondary N) is 1. The number of nitrogens with zero attached hydrogens (tertiary/aromatic N) is 2. The van der Waals surface area contributed by atoms with Crippen LogP contribution in [0.3, 0.4) is 0 Å². The van der Waals surface area contributed by atoms with Crippen LogP contribution in [0.25, 0.3) is 0 Å². The van der Waals surface area contributed by atoms with Crippen LogP contribution in [0.2, 0.25) is 0 Å². The third-order valence-corrected chi connectivity index (χ3v) is 4.18. The number of halogens is 3. The Kier molecular flexibility index (Phi) is 6.04. The summed E-state index contributed by atoms with van der Waals surface area (Å²) in [5, 5.41) is 2.39. The topological polar surface area (TPSA) is 79.0 Å².